The van der Waals surface area contributed by atoms with Crippen LogP contribution in [-0.2, 0) is 16.3 Å². The first-order valence-electron chi connectivity index (χ1n) is 6.69. The van der Waals surface area contributed by atoms with Gasteiger partial charge in [0.1, 0.15) is 5.75 Å². The van der Waals surface area contributed by atoms with Crippen molar-refractivity contribution in [3.05, 3.63) is 24.2 Å². The first-order chi connectivity index (χ1) is 9.58. The summed E-state index contributed by atoms with van der Waals surface area (Å²) < 4.78 is 30.8. The Morgan fingerprint density at radius 3 is 3.05 bits per heavy atom. The predicted octanol–water partition coefficient (Wildman–Crippen LogP) is 1.25. The van der Waals surface area contributed by atoms with E-state index in [0.717, 1.165) is 12.8 Å². The molecule has 0 spiro atoms. The minimum atomic E-state index is -2.99. The highest BCUT2D eigenvalue weighted by atomic mass is 32.2. The fourth-order valence-corrected chi connectivity index (χ4v) is 4.45. The lowest BCUT2D eigenvalue weighted by molar-refractivity contribution is 0.414. The molecule has 0 amide bonds. The van der Waals surface area contributed by atoms with Crippen LogP contribution in [0, 0.1) is 0 Å². The Balaban J connectivity index is 1.87. The van der Waals surface area contributed by atoms with Crippen LogP contribution in [0.25, 0.3) is 5.65 Å². The zero-order valence-corrected chi connectivity index (χ0v) is 12.1. The fraction of sp³-hybridized carbons (Fsp3) is 0.538. The molecule has 6 nitrogen and oxygen atoms in total. The quantitative estimate of drug-likeness (QED) is 0.852. The van der Waals surface area contributed by atoms with Crippen LogP contribution in [0.4, 0.5) is 0 Å². The zero-order chi connectivity index (χ0) is 14.2. The minimum Gasteiger partial charge on any atom is -0.497 e. The summed E-state index contributed by atoms with van der Waals surface area (Å²) in [7, 11) is -1.39. The molecule has 2 aromatic rings. The molecular formula is C13H17N3O3S. The lowest BCUT2D eigenvalue weighted by atomic mass is 10.1. The molecule has 0 radical (unpaired) electrons. The van der Waals surface area contributed by atoms with E-state index < -0.39 is 9.84 Å². The molecule has 1 aliphatic rings. The number of hydrogen-bond acceptors (Lipinski definition) is 5. The van der Waals surface area contributed by atoms with Crippen LogP contribution in [-0.4, -0.2) is 41.1 Å². The van der Waals surface area contributed by atoms with E-state index in [1.54, 1.807) is 30.0 Å². The normalized spacial score (nSPS) is 21.9. The molecule has 1 saturated heterocycles. The van der Waals surface area contributed by atoms with Crippen molar-refractivity contribution >= 4 is 15.5 Å². The van der Waals surface area contributed by atoms with Gasteiger partial charge in [-0.1, -0.05) is 6.42 Å². The fourth-order valence-electron chi connectivity index (χ4n) is 2.58. The molecular weight excluding hydrogens is 278 g/mol. The molecule has 3 rings (SSSR count). The Labute approximate surface area is 117 Å². The maximum Gasteiger partial charge on any atom is 0.159 e. The first kappa shape index (κ1) is 13.4. The highest BCUT2D eigenvalue weighted by Crippen LogP contribution is 2.22. The standard InChI is InChI=1S/C13H17N3O3S/c1-19-10-5-6-16-13(8-10)14-12(15-16)9-11-4-2-3-7-20(11,17)18/h5-6,8,11H,2-4,7,9H2,1H3. The van der Waals surface area contributed by atoms with Crippen LogP contribution in [0.2, 0.25) is 0 Å². The van der Waals surface area contributed by atoms with Gasteiger partial charge in [0.2, 0.25) is 0 Å². The second kappa shape index (κ2) is 5.05. The SMILES string of the molecule is COc1ccn2nc(CC3CCCCS3(=O)=O)nc2c1. The molecule has 0 aromatic carbocycles. The van der Waals surface area contributed by atoms with Crippen LogP contribution >= 0.6 is 0 Å². The molecule has 0 bridgehead atoms. The van der Waals surface area contributed by atoms with E-state index in [4.69, 9.17) is 4.74 Å². The average molecular weight is 295 g/mol. The summed E-state index contributed by atoms with van der Waals surface area (Å²) in [6.45, 7) is 0. The Hall–Kier alpha value is -1.63. The molecule has 0 saturated carbocycles. The Morgan fingerprint density at radius 2 is 2.30 bits per heavy atom. The molecule has 20 heavy (non-hydrogen) atoms. The van der Waals surface area contributed by atoms with Crippen molar-refractivity contribution in [1.29, 1.82) is 0 Å². The van der Waals surface area contributed by atoms with E-state index in [0.29, 0.717) is 35.8 Å². The molecule has 2 aromatic heterocycles. The minimum absolute atomic E-state index is 0.291. The van der Waals surface area contributed by atoms with Gasteiger partial charge in [0.25, 0.3) is 0 Å². The van der Waals surface area contributed by atoms with Crippen molar-refractivity contribution in [3.8, 4) is 5.75 Å². The second-order valence-corrected chi connectivity index (χ2v) is 7.49. The van der Waals surface area contributed by atoms with Gasteiger partial charge in [-0.3, -0.25) is 0 Å². The van der Waals surface area contributed by atoms with Crippen LogP contribution in [0.15, 0.2) is 18.3 Å². The third-order valence-electron chi connectivity index (χ3n) is 3.71. The van der Waals surface area contributed by atoms with Gasteiger partial charge < -0.3 is 4.74 Å². The van der Waals surface area contributed by atoms with E-state index in [1.165, 1.54) is 0 Å². The second-order valence-electron chi connectivity index (χ2n) is 5.09. The molecule has 1 fully saturated rings. The van der Waals surface area contributed by atoms with Gasteiger partial charge in [-0.05, 0) is 18.9 Å². The topological polar surface area (TPSA) is 73.6 Å². The molecule has 7 heteroatoms. The average Bonchev–Trinajstić information content (AvgIpc) is 2.82. The Bertz CT molecular complexity index is 724. The summed E-state index contributed by atoms with van der Waals surface area (Å²) in [4.78, 5) is 4.39. The summed E-state index contributed by atoms with van der Waals surface area (Å²) in [5.41, 5.74) is 0.674. The molecule has 0 aliphatic carbocycles. The monoisotopic (exact) mass is 295 g/mol. The number of ether oxygens (including phenoxy) is 1. The summed E-state index contributed by atoms with van der Waals surface area (Å²) in [5.74, 6) is 1.58. The zero-order valence-electron chi connectivity index (χ0n) is 11.3. The van der Waals surface area contributed by atoms with Gasteiger partial charge in [-0.2, -0.15) is 5.10 Å². The molecule has 3 heterocycles. The highest BCUT2D eigenvalue weighted by Gasteiger charge is 2.30. The Morgan fingerprint density at radius 1 is 1.45 bits per heavy atom. The largest absolute Gasteiger partial charge is 0.497 e. The van der Waals surface area contributed by atoms with Crippen molar-refractivity contribution in [2.45, 2.75) is 30.9 Å². The van der Waals surface area contributed by atoms with E-state index in [1.807, 2.05) is 0 Å². The van der Waals surface area contributed by atoms with Crippen molar-refractivity contribution < 1.29 is 13.2 Å². The van der Waals surface area contributed by atoms with E-state index >= 15 is 0 Å². The number of hydrogen-bond donors (Lipinski definition) is 0. The van der Waals surface area contributed by atoms with E-state index in [9.17, 15) is 8.42 Å². The van der Waals surface area contributed by atoms with Crippen LogP contribution < -0.4 is 4.74 Å². The number of aromatic nitrogens is 3. The van der Waals surface area contributed by atoms with Crippen LogP contribution in [0.5, 0.6) is 5.75 Å². The van der Waals surface area contributed by atoms with E-state index in [-0.39, 0.29) is 5.25 Å². The Kier molecular flexibility index (Phi) is 3.37. The lowest BCUT2D eigenvalue weighted by Crippen LogP contribution is -2.30. The van der Waals surface area contributed by atoms with Gasteiger partial charge in [0.15, 0.2) is 21.3 Å². The summed E-state index contributed by atoms with van der Waals surface area (Å²) in [6.07, 6.45) is 4.60. The smallest absolute Gasteiger partial charge is 0.159 e. The van der Waals surface area contributed by atoms with Gasteiger partial charge in [0.05, 0.1) is 18.1 Å². The number of pyridine rings is 1. The molecule has 108 valence electrons. The number of nitrogens with zero attached hydrogens (tertiary/aromatic N) is 3. The number of methoxy groups -OCH3 is 1. The van der Waals surface area contributed by atoms with Crippen molar-refractivity contribution in [1.82, 2.24) is 14.6 Å². The molecule has 1 unspecified atom stereocenters. The van der Waals surface area contributed by atoms with Crippen molar-refractivity contribution in [3.63, 3.8) is 0 Å². The summed E-state index contributed by atoms with van der Waals surface area (Å²) in [6, 6.07) is 3.58. The van der Waals surface area contributed by atoms with Gasteiger partial charge in [-0.25, -0.2) is 17.9 Å². The first-order valence-corrected chi connectivity index (χ1v) is 8.41. The predicted molar refractivity (Wildman–Crippen MR) is 74.7 cm³/mol. The highest BCUT2D eigenvalue weighted by molar-refractivity contribution is 7.92. The van der Waals surface area contributed by atoms with Crippen LogP contribution in [0.1, 0.15) is 25.1 Å². The summed E-state index contributed by atoms with van der Waals surface area (Å²) in [5, 5.41) is 4.00. The maximum atomic E-state index is 12.0. The van der Waals surface area contributed by atoms with Gasteiger partial charge >= 0.3 is 0 Å². The lowest BCUT2D eigenvalue weighted by Gasteiger charge is -2.20. The maximum absolute atomic E-state index is 12.0. The number of rotatable bonds is 3. The third-order valence-corrected chi connectivity index (χ3v) is 5.99. The number of sulfone groups is 1. The van der Waals surface area contributed by atoms with E-state index in [2.05, 4.69) is 10.1 Å². The van der Waals surface area contributed by atoms with Crippen molar-refractivity contribution in [2.75, 3.05) is 12.9 Å². The molecule has 0 N–H and O–H groups in total. The van der Waals surface area contributed by atoms with Crippen molar-refractivity contribution in [2.24, 2.45) is 0 Å². The third kappa shape index (κ3) is 2.49. The van der Waals surface area contributed by atoms with Gasteiger partial charge in [0, 0.05) is 18.7 Å². The number of fused-ring (bicyclic) bond motifs is 1. The summed E-state index contributed by atoms with van der Waals surface area (Å²) >= 11 is 0. The molecule has 1 aliphatic heterocycles. The molecule has 1 atom stereocenters. The van der Waals surface area contributed by atoms with Gasteiger partial charge in [-0.15, -0.1) is 0 Å². The van der Waals surface area contributed by atoms with Crippen LogP contribution in [0.3, 0.4) is 0 Å².